The summed E-state index contributed by atoms with van der Waals surface area (Å²) in [6.45, 7) is 0. The van der Waals surface area contributed by atoms with E-state index in [9.17, 15) is 0 Å². The van der Waals surface area contributed by atoms with E-state index in [2.05, 4.69) is 58.5 Å². The fourth-order valence-corrected chi connectivity index (χ4v) is 8.04. The van der Waals surface area contributed by atoms with Crippen LogP contribution in [0, 0.1) is 0 Å². The van der Waals surface area contributed by atoms with Crippen molar-refractivity contribution in [2.45, 2.75) is 0 Å². The molecule has 0 radical (unpaired) electrons. The fraction of sp³-hybridized carbons (Fsp3) is 0. The van der Waals surface area contributed by atoms with Gasteiger partial charge in [-0.2, -0.15) is 0 Å². The van der Waals surface area contributed by atoms with Crippen molar-refractivity contribution in [3.05, 3.63) is 164 Å². The number of hydrogen-bond acceptors (Lipinski definition) is 2. The summed E-state index contributed by atoms with van der Waals surface area (Å²) in [5.41, 5.74) is 17.0. The third-order valence-electron chi connectivity index (χ3n) is 9.80. The summed E-state index contributed by atoms with van der Waals surface area (Å²) in [4.78, 5) is 18.3. The van der Waals surface area contributed by atoms with E-state index in [-0.39, 0.29) is 0 Å². The highest BCUT2D eigenvalue weighted by atomic mass is 35.5. The predicted molar refractivity (Wildman–Crippen MR) is 219 cm³/mol. The molecule has 0 fully saturated rings. The monoisotopic (exact) mass is 748 g/mol. The average molecular weight is 751 g/mol. The Morgan fingerprint density at radius 1 is 0.385 bits per heavy atom. The molecular formula is C44H24Cl4N4. The highest BCUT2D eigenvalue weighted by molar-refractivity contribution is 6.32. The first-order chi connectivity index (χ1) is 25.4. The first kappa shape index (κ1) is 31.4. The molecule has 8 bridgehead atoms. The smallest absolute Gasteiger partial charge is 0.0816 e. The second kappa shape index (κ2) is 12.1. The van der Waals surface area contributed by atoms with Crippen LogP contribution >= 0.6 is 46.4 Å². The van der Waals surface area contributed by atoms with Crippen LogP contribution in [0.1, 0.15) is 28.3 Å². The van der Waals surface area contributed by atoms with Gasteiger partial charge in [0.25, 0.3) is 0 Å². The standard InChI is InChI=1S/C44H24Cl4N4/c45-26-7-1-23(2-8-26)40-33-15-16-34(49-33)41(24-3-9-27(46)10-4-24)36-19-20-38(51-36)43-30-14-13-29(48)21-31(30)32-22-39(52-44(32)43)42(37-18-17-35(40)50-37)25-5-11-28(47)12-6-25/h1-22,50-51H. The Labute approximate surface area is 318 Å². The van der Waals surface area contributed by atoms with Gasteiger partial charge < -0.3 is 9.97 Å². The van der Waals surface area contributed by atoms with Crippen molar-refractivity contribution in [2.24, 2.45) is 0 Å². The van der Waals surface area contributed by atoms with E-state index in [1.54, 1.807) is 0 Å². The second-order valence-corrected chi connectivity index (χ2v) is 14.6. The third kappa shape index (κ3) is 5.14. The molecule has 0 saturated heterocycles. The number of benzene rings is 4. The Morgan fingerprint density at radius 3 is 1.29 bits per heavy atom. The number of fused-ring (bicyclic) bond motifs is 11. The number of rotatable bonds is 3. The number of nitrogens with zero attached hydrogens (tertiary/aromatic N) is 2. The van der Waals surface area contributed by atoms with Crippen molar-refractivity contribution < 1.29 is 0 Å². The normalized spacial score (nSPS) is 12.7. The van der Waals surface area contributed by atoms with Crippen LogP contribution in [0.3, 0.4) is 0 Å². The van der Waals surface area contributed by atoms with Crippen molar-refractivity contribution in [2.75, 3.05) is 0 Å². The Bertz CT molecular complexity index is 2830. The van der Waals surface area contributed by atoms with Crippen LogP contribution in [0.5, 0.6) is 0 Å². The quantitative estimate of drug-likeness (QED) is 0.189. The molecule has 0 spiro atoms. The molecule has 10 rings (SSSR count). The Morgan fingerprint density at radius 2 is 0.808 bits per heavy atom. The van der Waals surface area contributed by atoms with Gasteiger partial charge in [0, 0.05) is 70.0 Å². The molecule has 0 saturated carbocycles. The highest BCUT2D eigenvalue weighted by Gasteiger charge is 2.30. The summed E-state index contributed by atoms with van der Waals surface area (Å²) in [5, 5.41) is 2.66. The molecule has 0 unspecified atom stereocenters. The number of hydrogen-bond donors (Lipinski definition) is 2. The molecule has 7 aromatic rings. The lowest BCUT2D eigenvalue weighted by Crippen LogP contribution is -1.89. The lowest BCUT2D eigenvalue weighted by Gasteiger charge is -2.07. The van der Waals surface area contributed by atoms with Crippen molar-refractivity contribution in [3.63, 3.8) is 0 Å². The van der Waals surface area contributed by atoms with Gasteiger partial charge in [-0.05, 0) is 119 Å². The Hall–Kier alpha value is -5.36. The predicted octanol–water partition coefficient (Wildman–Crippen LogP) is 13.7. The molecule has 1 aliphatic carbocycles. The van der Waals surface area contributed by atoms with E-state index in [1.807, 2.05) is 84.9 Å². The number of H-pyrrole nitrogens is 2. The zero-order chi connectivity index (χ0) is 35.1. The molecule has 8 heteroatoms. The van der Waals surface area contributed by atoms with Crippen LogP contribution in [0.2, 0.25) is 20.1 Å². The molecule has 3 aromatic heterocycles. The largest absolute Gasteiger partial charge is 0.354 e. The van der Waals surface area contributed by atoms with Crippen LogP contribution in [0.15, 0.2) is 115 Å². The maximum Gasteiger partial charge on any atom is 0.0816 e. The zero-order valence-corrected chi connectivity index (χ0v) is 30.1. The summed E-state index contributed by atoms with van der Waals surface area (Å²) >= 11 is 25.8. The molecule has 2 N–H and O–H groups in total. The van der Waals surface area contributed by atoms with Crippen molar-refractivity contribution in [1.82, 2.24) is 19.9 Å². The molecule has 52 heavy (non-hydrogen) atoms. The summed E-state index contributed by atoms with van der Waals surface area (Å²) < 4.78 is 0. The van der Waals surface area contributed by atoms with E-state index in [1.165, 1.54) is 0 Å². The molecule has 0 amide bonds. The first-order valence-corrected chi connectivity index (χ1v) is 18.2. The summed E-state index contributed by atoms with van der Waals surface area (Å²) in [6.07, 6.45) is 6.32. The first-order valence-electron chi connectivity index (χ1n) is 16.7. The van der Waals surface area contributed by atoms with Crippen LogP contribution in [-0.2, 0) is 0 Å². The topological polar surface area (TPSA) is 57.4 Å². The van der Waals surface area contributed by atoms with Crippen LogP contribution in [0.25, 0.3) is 90.4 Å². The number of halogens is 4. The van der Waals surface area contributed by atoms with Crippen molar-refractivity contribution in [1.29, 1.82) is 0 Å². The minimum Gasteiger partial charge on any atom is -0.354 e. The second-order valence-electron chi connectivity index (χ2n) is 12.9. The van der Waals surface area contributed by atoms with Crippen molar-refractivity contribution in [3.8, 4) is 44.5 Å². The van der Waals surface area contributed by atoms with E-state index in [0.717, 1.165) is 100 Å². The number of aromatic nitrogens is 4. The van der Waals surface area contributed by atoms with E-state index in [4.69, 9.17) is 56.4 Å². The maximum absolute atomic E-state index is 6.63. The zero-order valence-electron chi connectivity index (χ0n) is 27.1. The van der Waals surface area contributed by atoms with Gasteiger partial charge in [0.2, 0.25) is 0 Å². The molecule has 4 aromatic carbocycles. The van der Waals surface area contributed by atoms with Crippen LogP contribution in [-0.4, -0.2) is 19.9 Å². The lowest BCUT2D eigenvalue weighted by molar-refractivity contribution is 1.31. The van der Waals surface area contributed by atoms with Gasteiger partial charge in [-0.15, -0.1) is 0 Å². The van der Waals surface area contributed by atoms with E-state index in [0.29, 0.717) is 20.1 Å². The summed E-state index contributed by atoms with van der Waals surface area (Å²) in [6, 6.07) is 38.1. The maximum atomic E-state index is 6.63. The SMILES string of the molecule is Clc1ccc(-c2c3nc(c(-c4ccc(Cl)cc4)c4ccc([nH]4)c4c5nc(c(-c6ccc(Cl)cc6)c6ccc2[nH]6)C=C5c2cc(Cl)ccc2-4)C=C3)cc1. The average Bonchev–Trinajstić information content (AvgIpc) is 3.99. The molecule has 5 heterocycles. The van der Waals surface area contributed by atoms with Gasteiger partial charge in [0.05, 0.1) is 22.8 Å². The van der Waals surface area contributed by atoms with Gasteiger partial charge in [0.1, 0.15) is 0 Å². The number of nitrogens with one attached hydrogen (secondary N) is 2. The molecular weight excluding hydrogens is 726 g/mol. The summed E-state index contributed by atoms with van der Waals surface area (Å²) in [7, 11) is 0. The number of aromatic amines is 2. The fourth-order valence-electron chi connectivity index (χ4n) is 7.49. The van der Waals surface area contributed by atoms with Gasteiger partial charge >= 0.3 is 0 Å². The van der Waals surface area contributed by atoms with Crippen LogP contribution in [0.4, 0.5) is 0 Å². The van der Waals surface area contributed by atoms with E-state index < -0.39 is 0 Å². The Kier molecular flexibility index (Phi) is 7.31. The van der Waals surface area contributed by atoms with Gasteiger partial charge in [-0.25, -0.2) is 9.97 Å². The van der Waals surface area contributed by atoms with Crippen molar-refractivity contribution >= 4 is 92.3 Å². The Balaban J connectivity index is 1.40. The van der Waals surface area contributed by atoms with Gasteiger partial charge in [-0.3, -0.25) is 0 Å². The molecule has 248 valence electrons. The molecule has 0 atom stereocenters. The van der Waals surface area contributed by atoms with Crippen LogP contribution < -0.4 is 0 Å². The lowest BCUT2D eigenvalue weighted by atomic mass is 10.0. The minimum atomic E-state index is 0.662. The van der Waals surface area contributed by atoms with E-state index >= 15 is 0 Å². The molecule has 2 aliphatic heterocycles. The summed E-state index contributed by atoms with van der Waals surface area (Å²) in [5.74, 6) is 0. The molecule has 3 aliphatic rings. The van der Waals surface area contributed by atoms with Gasteiger partial charge in [0.15, 0.2) is 0 Å². The molecule has 4 nitrogen and oxygen atoms in total. The highest BCUT2D eigenvalue weighted by Crippen LogP contribution is 2.49. The minimum absolute atomic E-state index is 0.662. The van der Waals surface area contributed by atoms with Gasteiger partial charge in [-0.1, -0.05) is 88.9 Å². The third-order valence-corrected chi connectivity index (χ3v) is 10.8.